The van der Waals surface area contributed by atoms with Crippen molar-refractivity contribution in [2.75, 3.05) is 32.1 Å². The molecule has 2 unspecified atom stereocenters. The Kier molecular flexibility index (Phi) is 10.3. The van der Waals surface area contributed by atoms with Crippen molar-refractivity contribution in [1.29, 1.82) is 0 Å². The highest BCUT2D eigenvalue weighted by atomic mass is 35.5. The number of nitrogens with zero attached hydrogens (tertiary/aromatic N) is 4. The summed E-state index contributed by atoms with van der Waals surface area (Å²) in [6, 6.07) is 13.3. The van der Waals surface area contributed by atoms with Crippen LogP contribution in [0.4, 0.5) is 5.69 Å². The van der Waals surface area contributed by atoms with Crippen molar-refractivity contribution in [2.24, 2.45) is 7.05 Å². The molecule has 2 atom stereocenters. The quantitative estimate of drug-likeness (QED) is 0.174. The van der Waals surface area contributed by atoms with E-state index in [1.54, 1.807) is 25.4 Å². The summed E-state index contributed by atoms with van der Waals surface area (Å²) in [7, 11) is 3.48. The molecule has 0 spiro atoms. The van der Waals surface area contributed by atoms with Crippen molar-refractivity contribution < 1.29 is 19.1 Å². The molecule has 0 saturated carbocycles. The molecule has 51 heavy (non-hydrogen) atoms. The first kappa shape index (κ1) is 34.9. The first-order valence-corrected chi connectivity index (χ1v) is 17.9. The average molecular weight is 732 g/mol. The number of methoxy groups -OCH3 is 1. The van der Waals surface area contributed by atoms with Crippen molar-refractivity contribution in [1.82, 2.24) is 35.4 Å². The zero-order valence-electron chi connectivity index (χ0n) is 28.5. The molecule has 3 aliphatic heterocycles. The molecule has 2 aromatic heterocycles. The lowest BCUT2D eigenvalue weighted by Crippen LogP contribution is -2.41. The number of rotatable bonds is 11. The van der Waals surface area contributed by atoms with Crippen LogP contribution in [-0.4, -0.2) is 76.0 Å². The Hall–Kier alpha value is -4.49. The van der Waals surface area contributed by atoms with Gasteiger partial charge in [0.15, 0.2) is 5.82 Å². The number of benzene rings is 2. The molecule has 2 fully saturated rings. The summed E-state index contributed by atoms with van der Waals surface area (Å²) in [4.78, 5) is 48.4. The third kappa shape index (κ3) is 7.45. The van der Waals surface area contributed by atoms with Gasteiger partial charge in [-0.2, -0.15) is 0 Å². The van der Waals surface area contributed by atoms with Crippen molar-refractivity contribution in [3.8, 4) is 28.1 Å². The van der Waals surface area contributed by atoms with Gasteiger partial charge >= 0.3 is 0 Å². The summed E-state index contributed by atoms with van der Waals surface area (Å²) in [5.41, 5.74) is 5.95. The van der Waals surface area contributed by atoms with E-state index in [1.807, 2.05) is 41.9 Å². The molecule has 14 heteroatoms. The first-order chi connectivity index (χ1) is 24.7. The highest BCUT2D eigenvalue weighted by Gasteiger charge is 2.29. The molecule has 2 saturated heterocycles. The van der Waals surface area contributed by atoms with Gasteiger partial charge in [-0.3, -0.25) is 24.3 Å². The minimum Gasteiger partial charge on any atom is -0.496 e. The number of hydrogen-bond acceptors (Lipinski definition) is 8. The Morgan fingerprint density at radius 1 is 1.00 bits per heavy atom. The number of hydrogen-bond donors (Lipinski definition) is 4. The summed E-state index contributed by atoms with van der Waals surface area (Å²) in [6.07, 6.45) is 5.25. The third-order valence-electron chi connectivity index (χ3n) is 9.88. The Balaban J connectivity index is 1.06. The van der Waals surface area contributed by atoms with Gasteiger partial charge in [0, 0.05) is 105 Å². The molecule has 3 aliphatic rings. The number of nitrogens with one attached hydrogen (secondary N) is 4. The molecule has 3 amide bonds. The van der Waals surface area contributed by atoms with Crippen molar-refractivity contribution in [2.45, 2.75) is 57.3 Å². The lowest BCUT2D eigenvalue weighted by atomic mass is 10.0. The van der Waals surface area contributed by atoms with E-state index in [2.05, 4.69) is 31.2 Å². The molecular weight excluding hydrogens is 691 g/mol. The number of pyridine rings is 1. The standard InChI is InChI=1S/C37H40Cl2N8O4/c1-46-29-13-15-47(19-24-9-11-32(49)43-24)20-28(29)44-36(46)37(50)45-27-5-3-4-25(33(27)38)26-12-14-41-35(34(26)39)21-6-7-22(30(16-21)51-2)17-40-18-23-8-10-31(48)42-23/h3-7,12,14,16,23-24,40H,8-11,13,15,17-20H2,1-2H3,(H,42,48)(H,43,49)(H,45,50). The van der Waals surface area contributed by atoms with Crippen LogP contribution in [0.15, 0.2) is 48.7 Å². The van der Waals surface area contributed by atoms with Gasteiger partial charge in [-0.1, -0.05) is 47.5 Å². The zero-order chi connectivity index (χ0) is 35.6. The highest BCUT2D eigenvalue weighted by Crippen LogP contribution is 2.41. The van der Waals surface area contributed by atoms with Crippen LogP contribution >= 0.6 is 23.2 Å². The molecular formula is C37H40Cl2N8O4. The van der Waals surface area contributed by atoms with Crippen LogP contribution in [0, 0.1) is 0 Å². The maximum atomic E-state index is 13.6. The number of carbonyl (C=O) groups excluding carboxylic acids is 3. The zero-order valence-corrected chi connectivity index (χ0v) is 30.0. The number of carbonyl (C=O) groups is 3. The number of imidazole rings is 1. The summed E-state index contributed by atoms with van der Waals surface area (Å²) in [5.74, 6) is 0.828. The molecule has 5 heterocycles. The third-order valence-corrected chi connectivity index (χ3v) is 10.7. The minimum atomic E-state index is -0.364. The van der Waals surface area contributed by atoms with E-state index in [-0.39, 0.29) is 29.8 Å². The van der Waals surface area contributed by atoms with Crippen molar-refractivity contribution in [3.63, 3.8) is 0 Å². The van der Waals surface area contributed by atoms with E-state index in [1.165, 1.54) is 0 Å². The lowest BCUT2D eigenvalue weighted by molar-refractivity contribution is -0.120. The lowest BCUT2D eigenvalue weighted by Gasteiger charge is -2.28. The molecule has 4 aromatic rings. The number of anilines is 1. The van der Waals surface area contributed by atoms with E-state index < -0.39 is 0 Å². The molecule has 0 aliphatic carbocycles. The first-order valence-electron chi connectivity index (χ1n) is 17.2. The van der Waals surface area contributed by atoms with Gasteiger partial charge < -0.3 is 30.6 Å². The topological polar surface area (TPSA) is 143 Å². The second kappa shape index (κ2) is 15.0. The monoisotopic (exact) mass is 730 g/mol. The van der Waals surface area contributed by atoms with Gasteiger partial charge in [0.1, 0.15) is 5.75 Å². The van der Waals surface area contributed by atoms with Gasteiger partial charge in [-0.25, -0.2) is 4.98 Å². The summed E-state index contributed by atoms with van der Waals surface area (Å²) in [6.45, 7) is 3.47. The second-order valence-electron chi connectivity index (χ2n) is 13.3. The smallest absolute Gasteiger partial charge is 0.291 e. The predicted octanol–water partition coefficient (Wildman–Crippen LogP) is 4.72. The fourth-order valence-corrected chi connectivity index (χ4v) is 7.78. The molecule has 266 valence electrons. The van der Waals surface area contributed by atoms with E-state index in [0.717, 1.165) is 54.9 Å². The number of halogens is 2. The molecule has 4 N–H and O–H groups in total. The van der Waals surface area contributed by atoms with E-state index >= 15 is 0 Å². The van der Waals surface area contributed by atoms with Gasteiger partial charge in [-0.15, -0.1) is 0 Å². The SMILES string of the molecule is COc1cc(-c2nccc(-c3cccc(NC(=O)c4nc5c(n4C)CCN(CC4CCC(=O)N4)C5)c3Cl)c2Cl)ccc1CNCC1CCC(=O)N1. The van der Waals surface area contributed by atoms with Crippen LogP contribution in [0.25, 0.3) is 22.4 Å². The summed E-state index contributed by atoms with van der Waals surface area (Å²) in [5, 5.41) is 13.1. The van der Waals surface area contributed by atoms with E-state index in [4.69, 9.17) is 32.9 Å². The number of amides is 3. The van der Waals surface area contributed by atoms with Crippen LogP contribution in [0.2, 0.25) is 10.0 Å². The number of aromatic nitrogens is 3. The van der Waals surface area contributed by atoms with Crippen LogP contribution < -0.4 is 26.0 Å². The largest absolute Gasteiger partial charge is 0.496 e. The van der Waals surface area contributed by atoms with Gasteiger partial charge in [0.25, 0.3) is 5.91 Å². The van der Waals surface area contributed by atoms with E-state index in [0.29, 0.717) is 76.6 Å². The van der Waals surface area contributed by atoms with Crippen molar-refractivity contribution >= 4 is 46.6 Å². The molecule has 0 bridgehead atoms. The number of ether oxygens (including phenoxy) is 1. The Bertz CT molecular complexity index is 2000. The maximum absolute atomic E-state index is 13.6. The molecule has 7 rings (SSSR count). The van der Waals surface area contributed by atoms with E-state index in [9.17, 15) is 14.4 Å². The van der Waals surface area contributed by atoms with Crippen LogP contribution in [0.5, 0.6) is 5.75 Å². The van der Waals surface area contributed by atoms with Gasteiger partial charge in [0.2, 0.25) is 11.8 Å². The van der Waals surface area contributed by atoms with Crippen LogP contribution in [0.3, 0.4) is 0 Å². The molecule has 0 radical (unpaired) electrons. The normalized spacial score (nSPS) is 18.7. The summed E-state index contributed by atoms with van der Waals surface area (Å²) >= 11 is 14.0. The Morgan fingerprint density at radius 3 is 2.51 bits per heavy atom. The maximum Gasteiger partial charge on any atom is 0.291 e. The Labute approximate surface area is 306 Å². The van der Waals surface area contributed by atoms with Gasteiger partial charge in [-0.05, 0) is 31.0 Å². The van der Waals surface area contributed by atoms with Gasteiger partial charge in [0.05, 0.1) is 34.2 Å². The minimum absolute atomic E-state index is 0.0947. The molecule has 2 aromatic carbocycles. The predicted molar refractivity (Wildman–Crippen MR) is 196 cm³/mol. The highest BCUT2D eigenvalue weighted by molar-refractivity contribution is 6.39. The van der Waals surface area contributed by atoms with Crippen molar-refractivity contribution in [3.05, 3.63) is 81.5 Å². The fraction of sp³-hybridized carbons (Fsp3) is 0.378. The number of fused-ring (bicyclic) bond motifs is 1. The Morgan fingerprint density at radius 2 is 1.76 bits per heavy atom. The second-order valence-corrected chi connectivity index (χ2v) is 14.0. The van der Waals surface area contributed by atoms with Crippen LogP contribution in [0.1, 0.15) is 53.3 Å². The fourth-order valence-electron chi connectivity index (χ4n) is 7.18. The average Bonchev–Trinajstić information content (AvgIpc) is 3.83. The van der Waals surface area contributed by atoms with Crippen LogP contribution in [-0.2, 0) is 36.1 Å². The summed E-state index contributed by atoms with van der Waals surface area (Å²) < 4.78 is 7.57. The molecule has 12 nitrogen and oxygen atoms in total.